The third-order valence-electron chi connectivity index (χ3n) is 5.26. The zero-order chi connectivity index (χ0) is 16.1. The molecule has 1 spiro atoms. The van der Waals surface area contributed by atoms with Crippen LogP contribution in [0.25, 0.3) is 0 Å². The average molecular weight is 319 g/mol. The molecule has 4 aliphatic heterocycles. The van der Waals surface area contributed by atoms with Crippen molar-refractivity contribution in [3.8, 4) is 0 Å². The predicted octanol–water partition coefficient (Wildman–Crippen LogP) is -8.07. The number of rotatable bonds is 1. The minimum absolute atomic E-state index is 0.153. The zero-order valence-corrected chi connectivity index (χ0v) is 11.2. The van der Waals surface area contributed by atoms with Gasteiger partial charge in [-0.1, -0.05) is 0 Å². The van der Waals surface area contributed by atoms with Crippen LogP contribution in [0.15, 0.2) is 0 Å². The summed E-state index contributed by atoms with van der Waals surface area (Å²) in [6, 6.07) is 0. The number of hydrogen-bond donors (Lipinski definition) is 8. The molecule has 0 aromatic rings. The number of ether oxygens (including phenoxy) is 2. The van der Waals surface area contributed by atoms with Gasteiger partial charge in [0.2, 0.25) is 0 Å². The first-order valence-electron chi connectivity index (χ1n) is 6.81. The van der Waals surface area contributed by atoms with Gasteiger partial charge in [0, 0.05) is 0 Å². The van der Waals surface area contributed by atoms with Crippen molar-refractivity contribution in [2.45, 2.75) is 47.8 Å². The molecule has 6 unspecified atom stereocenters. The SMILES string of the molecule is NC1=[NH+][C@H](O)C2C3OC4([O-])OC([C@H](O)C2(N1)[C@@H]4O)C3(O)CO. The van der Waals surface area contributed by atoms with Crippen molar-refractivity contribution in [3.63, 3.8) is 0 Å². The third-order valence-corrected chi connectivity index (χ3v) is 5.26. The van der Waals surface area contributed by atoms with Gasteiger partial charge in [-0.2, -0.15) is 0 Å². The largest absolute Gasteiger partial charge is 0.805 e. The fourth-order valence-corrected chi connectivity index (χ4v) is 4.28. The van der Waals surface area contributed by atoms with Gasteiger partial charge in [-0.05, 0) is 0 Å². The van der Waals surface area contributed by atoms with Gasteiger partial charge in [-0.3, -0.25) is 16.0 Å². The molecule has 9 N–H and O–H groups in total. The molecule has 9 atom stereocenters. The summed E-state index contributed by atoms with van der Waals surface area (Å²) in [7, 11) is 0. The van der Waals surface area contributed by atoms with Gasteiger partial charge in [0.1, 0.15) is 36.0 Å². The second-order valence-electron chi connectivity index (χ2n) is 6.26. The normalized spacial score (nSPS) is 62.4. The lowest BCUT2D eigenvalue weighted by Crippen LogP contribution is -3.04. The Morgan fingerprint density at radius 2 is 1.91 bits per heavy atom. The van der Waals surface area contributed by atoms with Crippen LogP contribution in [0.2, 0.25) is 0 Å². The highest BCUT2D eigenvalue weighted by molar-refractivity contribution is 5.74. The molecule has 11 heteroatoms. The Morgan fingerprint density at radius 3 is 2.55 bits per heavy atom. The van der Waals surface area contributed by atoms with E-state index in [0.29, 0.717) is 0 Å². The summed E-state index contributed by atoms with van der Waals surface area (Å²) in [5.74, 6) is -4.07. The average Bonchev–Trinajstić information content (AvgIpc) is 2.45. The van der Waals surface area contributed by atoms with E-state index in [1.54, 1.807) is 0 Å². The molecule has 4 fully saturated rings. The summed E-state index contributed by atoms with van der Waals surface area (Å²) in [5.41, 5.74) is 1.72. The summed E-state index contributed by atoms with van der Waals surface area (Å²) < 4.78 is 10.1. The lowest BCUT2D eigenvalue weighted by atomic mass is 9.55. The quantitative estimate of drug-likeness (QED) is 0.230. The van der Waals surface area contributed by atoms with E-state index in [1.807, 2.05) is 0 Å². The molecule has 22 heavy (non-hydrogen) atoms. The monoisotopic (exact) mass is 319 g/mol. The van der Waals surface area contributed by atoms with Crippen molar-refractivity contribution in [1.29, 1.82) is 0 Å². The first kappa shape index (κ1) is 14.5. The van der Waals surface area contributed by atoms with E-state index in [0.717, 1.165) is 0 Å². The van der Waals surface area contributed by atoms with Gasteiger partial charge < -0.3 is 40.1 Å². The summed E-state index contributed by atoms with van der Waals surface area (Å²) >= 11 is 0. The lowest BCUT2D eigenvalue weighted by molar-refractivity contribution is -0.719. The molecule has 5 aliphatic rings. The Labute approximate surface area is 123 Å². The molecule has 4 heterocycles. The van der Waals surface area contributed by atoms with Crippen molar-refractivity contribution in [3.05, 3.63) is 0 Å². The highest BCUT2D eigenvalue weighted by Gasteiger charge is 2.81. The number of nitrogens with two attached hydrogens (primary N) is 1. The van der Waals surface area contributed by atoms with E-state index in [2.05, 4.69) is 10.3 Å². The maximum atomic E-state index is 12.5. The van der Waals surface area contributed by atoms with Crippen LogP contribution in [-0.4, -0.2) is 85.9 Å². The van der Waals surface area contributed by atoms with Crippen molar-refractivity contribution >= 4 is 5.96 Å². The summed E-state index contributed by atoms with van der Waals surface area (Å²) in [6.07, 6.45) is -7.87. The molecule has 3 saturated heterocycles. The number of aliphatic hydroxyl groups is 5. The second-order valence-corrected chi connectivity index (χ2v) is 6.26. The highest BCUT2D eigenvalue weighted by atomic mass is 16.9. The van der Waals surface area contributed by atoms with Crippen LogP contribution in [0.5, 0.6) is 0 Å². The third kappa shape index (κ3) is 1.28. The summed E-state index contributed by atoms with van der Waals surface area (Å²) in [6.45, 7) is -0.871. The topological polar surface area (TPSA) is 195 Å². The van der Waals surface area contributed by atoms with Gasteiger partial charge >= 0.3 is 5.96 Å². The minimum Gasteiger partial charge on any atom is -0.805 e. The van der Waals surface area contributed by atoms with Crippen molar-refractivity contribution in [2.24, 2.45) is 11.7 Å². The summed E-state index contributed by atoms with van der Waals surface area (Å²) in [4.78, 5) is 2.45. The fourth-order valence-electron chi connectivity index (χ4n) is 4.28. The smallest absolute Gasteiger partial charge is 0.343 e. The molecule has 4 bridgehead atoms. The predicted molar refractivity (Wildman–Crippen MR) is 62.0 cm³/mol. The number of nitrogens with one attached hydrogen (secondary N) is 2. The molecule has 0 aromatic heterocycles. The molecule has 1 aliphatic carbocycles. The Bertz CT molecular complexity index is 561. The van der Waals surface area contributed by atoms with Gasteiger partial charge in [-0.25, -0.2) is 0 Å². The number of hydrogen-bond acceptors (Lipinski definition) is 10. The van der Waals surface area contributed by atoms with Crippen LogP contribution >= 0.6 is 0 Å². The van der Waals surface area contributed by atoms with E-state index in [9.17, 15) is 30.6 Å². The Balaban J connectivity index is 1.95. The number of aliphatic hydroxyl groups excluding tert-OH is 4. The van der Waals surface area contributed by atoms with Gasteiger partial charge in [-0.15, -0.1) is 0 Å². The molecule has 1 saturated carbocycles. The first-order chi connectivity index (χ1) is 10.2. The maximum Gasteiger partial charge on any atom is 0.343 e. The van der Waals surface area contributed by atoms with Gasteiger partial charge in [0.05, 0.1) is 12.5 Å². The minimum atomic E-state index is -2.75. The maximum absolute atomic E-state index is 12.5. The zero-order valence-electron chi connectivity index (χ0n) is 11.2. The molecule has 5 rings (SSSR count). The van der Waals surface area contributed by atoms with E-state index >= 15 is 0 Å². The molecule has 0 aromatic carbocycles. The molecule has 124 valence electrons. The summed E-state index contributed by atoms with van der Waals surface area (Å²) in [5, 5.41) is 66.5. The highest BCUT2D eigenvalue weighted by Crippen LogP contribution is 2.56. The Morgan fingerprint density at radius 1 is 1.27 bits per heavy atom. The lowest BCUT2D eigenvalue weighted by Gasteiger charge is -2.73. The molecular formula is C11H17N3O8. The molecular weight excluding hydrogens is 302 g/mol. The van der Waals surface area contributed by atoms with Crippen molar-refractivity contribution in [1.82, 2.24) is 5.32 Å². The van der Waals surface area contributed by atoms with Crippen LogP contribution in [0.1, 0.15) is 0 Å². The van der Waals surface area contributed by atoms with Crippen LogP contribution in [0.3, 0.4) is 0 Å². The molecule has 0 radical (unpaired) electrons. The number of guanidine groups is 1. The van der Waals surface area contributed by atoms with Gasteiger partial charge in [0.25, 0.3) is 0 Å². The van der Waals surface area contributed by atoms with Crippen LogP contribution in [0, 0.1) is 5.92 Å². The van der Waals surface area contributed by atoms with Crippen LogP contribution in [0.4, 0.5) is 0 Å². The standard InChI is InChI=1S/C11H16N3O8/c12-8-13-6(17)2-4-9(19,1-15)5-3(16)10(2,14-8)7(18)11(20,21-4)22-5/h2-7,15-19H,1H2,(H3,12,13,14)/q-1/p+1/t2?,3-,4?,5?,6+,7-,9?,10?,11?/m0/s1. The van der Waals surface area contributed by atoms with E-state index in [4.69, 9.17) is 15.2 Å². The second kappa shape index (κ2) is 3.88. The fraction of sp³-hybridized carbons (Fsp3) is 0.909. The van der Waals surface area contributed by atoms with Crippen LogP contribution < -0.4 is 21.1 Å². The van der Waals surface area contributed by atoms with Crippen molar-refractivity contribution in [2.75, 3.05) is 6.61 Å². The van der Waals surface area contributed by atoms with E-state index in [-0.39, 0.29) is 5.96 Å². The molecule has 0 amide bonds. The first-order valence-corrected chi connectivity index (χ1v) is 6.81. The van der Waals surface area contributed by atoms with Crippen LogP contribution in [-0.2, 0) is 9.47 Å². The van der Waals surface area contributed by atoms with Gasteiger partial charge in [0.15, 0.2) is 11.8 Å². The van der Waals surface area contributed by atoms with E-state index < -0.39 is 60.3 Å². The van der Waals surface area contributed by atoms with E-state index in [1.165, 1.54) is 0 Å². The Hall–Kier alpha value is -1.05. The molecule has 11 nitrogen and oxygen atoms in total. The Kier molecular flexibility index (Phi) is 2.57. The van der Waals surface area contributed by atoms with Crippen molar-refractivity contribution < 1.29 is 45.1 Å².